The summed E-state index contributed by atoms with van der Waals surface area (Å²) in [5, 5.41) is 4.04. The van der Waals surface area contributed by atoms with E-state index in [1.54, 1.807) is 22.5 Å². The van der Waals surface area contributed by atoms with E-state index < -0.39 is 10.0 Å². The number of fused-ring (bicyclic) bond motifs is 1. The van der Waals surface area contributed by atoms with E-state index in [2.05, 4.69) is 11.4 Å². The third-order valence-corrected chi connectivity index (χ3v) is 7.89. The van der Waals surface area contributed by atoms with Crippen molar-refractivity contribution in [3.63, 3.8) is 0 Å². The number of para-hydroxylation sites is 1. The minimum Gasteiger partial charge on any atom is -0.376 e. The quantitative estimate of drug-likeness (QED) is 0.614. The number of rotatable bonds is 6. The van der Waals surface area contributed by atoms with Gasteiger partial charge in [0.2, 0.25) is 15.9 Å². The minimum absolute atomic E-state index is 0.148. The zero-order valence-electron chi connectivity index (χ0n) is 18.8. The van der Waals surface area contributed by atoms with Gasteiger partial charge >= 0.3 is 0 Å². The van der Waals surface area contributed by atoms with Gasteiger partial charge in [-0.1, -0.05) is 24.6 Å². The Morgan fingerprint density at radius 3 is 2.47 bits per heavy atom. The minimum atomic E-state index is -3.59. The van der Waals surface area contributed by atoms with Crippen LogP contribution in [0.2, 0.25) is 0 Å². The number of nitrogens with one attached hydrogen (secondary N) is 1. The fourth-order valence-electron chi connectivity index (χ4n) is 4.31. The normalized spacial score (nSPS) is 15.1. The van der Waals surface area contributed by atoms with E-state index in [1.807, 2.05) is 54.8 Å². The highest BCUT2D eigenvalue weighted by Gasteiger charge is 2.27. The molecule has 1 aliphatic heterocycles. The summed E-state index contributed by atoms with van der Waals surface area (Å²) in [5.41, 5.74) is 3.24. The summed E-state index contributed by atoms with van der Waals surface area (Å²) in [6.07, 6.45) is 2.81. The third kappa shape index (κ3) is 4.38. The second kappa shape index (κ2) is 8.96. The molecule has 0 unspecified atom stereocenters. The summed E-state index contributed by atoms with van der Waals surface area (Å²) >= 11 is 0. The highest BCUT2D eigenvalue weighted by atomic mass is 32.2. The smallest absolute Gasteiger partial charge is 0.244 e. The van der Waals surface area contributed by atoms with Gasteiger partial charge in [-0.2, -0.15) is 4.31 Å². The van der Waals surface area contributed by atoms with Crippen LogP contribution in [0.25, 0.3) is 10.9 Å². The van der Waals surface area contributed by atoms with Crippen molar-refractivity contribution in [3.05, 3.63) is 54.2 Å². The van der Waals surface area contributed by atoms with Crippen LogP contribution >= 0.6 is 0 Å². The van der Waals surface area contributed by atoms with E-state index in [0.29, 0.717) is 18.8 Å². The number of anilines is 2. The van der Waals surface area contributed by atoms with Gasteiger partial charge in [-0.3, -0.25) is 4.79 Å². The van der Waals surface area contributed by atoms with Crippen molar-refractivity contribution < 1.29 is 13.2 Å². The van der Waals surface area contributed by atoms with Crippen molar-refractivity contribution in [2.75, 3.05) is 37.4 Å². The molecule has 0 atom stereocenters. The highest BCUT2D eigenvalue weighted by Crippen LogP contribution is 2.30. The van der Waals surface area contributed by atoms with Crippen LogP contribution in [0.15, 0.2) is 53.4 Å². The SMILES string of the molecule is Cc1cc2ccccc2n1CC(=O)Nc1cc(S(=O)(=O)N2CCCCC2)ccc1N(C)C. The predicted molar refractivity (Wildman–Crippen MR) is 129 cm³/mol. The Morgan fingerprint density at radius 1 is 1.03 bits per heavy atom. The zero-order valence-corrected chi connectivity index (χ0v) is 19.7. The van der Waals surface area contributed by atoms with E-state index in [1.165, 1.54) is 0 Å². The van der Waals surface area contributed by atoms with Crippen LogP contribution in [0.1, 0.15) is 25.0 Å². The number of aryl methyl sites for hydroxylation is 1. The predicted octanol–water partition coefficient (Wildman–Crippen LogP) is 3.83. The molecule has 0 spiro atoms. The molecule has 8 heteroatoms. The van der Waals surface area contributed by atoms with Crippen molar-refractivity contribution in [1.82, 2.24) is 8.87 Å². The summed E-state index contributed by atoms with van der Waals surface area (Å²) in [6, 6.07) is 15.0. The summed E-state index contributed by atoms with van der Waals surface area (Å²) in [6.45, 7) is 3.21. The number of sulfonamides is 1. The summed E-state index contributed by atoms with van der Waals surface area (Å²) in [4.78, 5) is 15.1. The molecule has 1 saturated heterocycles. The van der Waals surface area contributed by atoms with Crippen LogP contribution in [0.4, 0.5) is 11.4 Å². The Bertz CT molecular complexity index is 1240. The molecule has 1 amide bonds. The molecule has 1 fully saturated rings. The second-order valence-corrected chi connectivity index (χ2v) is 10.5. The fraction of sp³-hybridized carbons (Fsp3) is 0.375. The van der Waals surface area contributed by atoms with E-state index in [9.17, 15) is 13.2 Å². The van der Waals surface area contributed by atoms with Gasteiger partial charge in [0.05, 0.1) is 16.3 Å². The van der Waals surface area contributed by atoms with Crippen molar-refractivity contribution >= 4 is 38.2 Å². The number of carbonyl (C=O) groups is 1. The monoisotopic (exact) mass is 454 g/mol. The number of nitrogens with zero attached hydrogens (tertiary/aromatic N) is 3. The average molecular weight is 455 g/mol. The van der Waals surface area contributed by atoms with E-state index in [0.717, 1.165) is 41.5 Å². The van der Waals surface area contributed by atoms with Crippen molar-refractivity contribution in [3.8, 4) is 0 Å². The molecule has 3 aromatic rings. The second-order valence-electron chi connectivity index (χ2n) is 8.52. The molecule has 2 heterocycles. The first kappa shape index (κ1) is 22.4. The third-order valence-electron chi connectivity index (χ3n) is 6.00. The van der Waals surface area contributed by atoms with E-state index >= 15 is 0 Å². The molecule has 0 radical (unpaired) electrons. The Kier molecular flexibility index (Phi) is 6.26. The molecule has 1 aromatic heterocycles. The lowest BCUT2D eigenvalue weighted by molar-refractivity contribution is -0.116. The molecule has 1 aliphatic rings. The molecule has 4 rings (SSSR count). The van der Waals surface area contributed by atoms with Crippen molar-refractivity contribution in [2.24, 2.45) is 0 Å². The summed E-state index contributed by atoms with van der Waals surface area (Å²) < 4.78 is 29.8. The molecular formula is C24H30N4O3S. The molecule has 7 nitrogen and oxygen atoms in total. The lowest BCUT2D eigenvalue weighted by atomic mass is 10.2. The van der Waals surface area contributed by atoms with Crippen LogP contribution < -0.4 is 10.2 Å². The van der Waals surface area contributed by atoms with Gasteiger partial charge in [0, 0.05) is 38.4 Å². The Balaban J connectivity index is 1.62. The molecule has 0 saturated carbocycles. The largest absolute Gasteiger partial charge is 0.376 e. The first-order chi connectivity index (χ1) is 15.3. The van der Waals surface area contributed by atoms with Crippen LogP contribution in [0.3, 0.4) is 0 Å². The summed E-state index contributed by atoms with van der Waals surface area (Å²) in [7, 11) is 0.147. The number of benzene rings is 2. The van der Waals surface area contributed by atoms with Crippen molar-refractivity contribution in [2.45, 2.75) is 37.6 Å². The molecule has 2 aromatic carbocycles. The maximum Gasteiger partial charge on any atom is 0.244 e. The van der Waals surface area contributed by atoms with Gasteiger partial charge in [0.15, 0.2) is 0 Å². The molecule has 170 valence electrons. The molecule has 0 bridgehead atoms. The standard InChI is InChI=1S/C24H30N4O3S/c1-18-15-19-9-5-6-10-22(19)28(18)17-24(29)25-21-16-20(11-12-23(21)26(2)3)32(30,31)27-13-7-4-8-14-27/h5-6,9-12,15-16H,4,7-8,13-14,17H2,1-3H3,(H,25,29). The first-order valence-corrected chi connectivity index (χ1v) is 12.4. The Morgan fingerprint density at radius 2 is 1.75 bits per heavy atom. The average Bonchev–Trinajstić information content (AvgIpc) is 3.09. The van der Waals surface area contributed by atoms with Gasteiger partial charge in [-0.05, 0) is 55.5 Å². The van der Waals surface area contributed by atoms with E-state index in [-0.39, 0.29) is 17.3 Å². The Hall–Kier alpha value is -2.84. The maximum absolute atomic E-state index is 13.1. The van der Waals surface area contributed by atoms with Gasteiger partial charge in [0.1, 0.15) is 6.54 Å². The molecule has 1 N–H and O–H groups in total. The molecule has 32 heavy (non-hydrogen) atoms. The van der Waals surface area contributed by atoms with Crippen LogP contribution in [0.5, 0.6) is 0 Å². The van der Waals surface area contributed by atoms with Gasteiger partial charge in [0.25, 0.3) is 0 Å². The van der Waals surface area contributed by atoms with Gasteiger partial charge in [-0.15, -0.1) is 0 Å². The summed E-state index contributed by atoms with van der Waals surface area (Å²) in [5.74, 6) is -0.204. The van der Waals surface area contributed by atoms with E-state index in [4.69, 9.17) is 0 Å². The number of hydrogen-bond acceptors (Lipinski definition) is 4. The van der Waals surface area contributed by atoms with Gasteiger partial charge < -0.3 is 14.8 Å². The van der Waals surface area contributed by atoms with Crippen LogP contribution in [-0.4, -0.2) is 50.4 Å². The highest BCUT2D eigenvalue weighted by molar-refractivity contribution is 7.89. The molecule has 0 aliphatic carbocycles. The lowest BCUT2D eigenvalue weighted by Gasteiger charge is -2.26. The lowest BCUT2D eigenvalue weighted by Crippen LogP contribution is -2.35. The van der Waals surface area contributed by atoms with Crippen LogP contribution in [-0.2, 0) is 21.4 Å². The topological polar surface area (TPSA) is 74.6 Å². The van der Waals surface area contributed by atoms with Crippen LogP contribution in [0, 0.1) is 6.92 Å². The number of amides is 1. The Labute approximate surface area is 189 Å². The number of carbonyl (C=O) groups excluding carboxylic acids is 1. The van der Waals surface area contributed by atoms with Crippen molar-refractivity contribution in [1.29, 1.82) is 0 Å². The maximum atomic E-state index is 13.1. The molecular weight excluding hydrogens is 424 g/mol. The number of hydrogen-bond donors (Lipinski definition) is 1. The zero-order chi connectivity index (χ0) is 22.9. The number of aromatic nitrogens is 1. The first-order valence-electron chi connectivity index (χ1n) is 10.9. The fourth-order valence-corrected chi connectivity index (χ4v) is 5.86. The van der Waals surface area contributed by atoms with Gasteiger partial charge in [-0.25, -0.2) is 8.42 Å². The number of piperidine rings is 1.